The second-order valence-electron chi connectivity index (χ2n) is 4.67. The summed E-state index contributed by atoms with van der Waals surface area (Å²) in [6.45, 7) is 3.73. The van der Waals surface area contributed by atoms with Crippen molar-refractivity contribution in [2.75, 3.05) is 25.6 Å². The Balaban J connectivity index is 2.06. The van der Waals surface area contributed by atoms with Gasteiger partial charge in [-0.25, -0.2) is 9.97 Å². The van der Waals surface area contributed by atoms with Crippen LogP contribution in [0, 0.1) is 6.92 Å². The topological polar surface area (TPSA) is 47.0 Å². The molecule has 3 heterocycles. The zero-order chi connectivity index (χ0) is 12.5. The average Bonchev–Trinajstić information content (AvgIpc) is 2.78. The van der Waals surface area contributed by atoms with Crippen LogP contribution in [0.15, 0.2) is 6.07 Å². The van der Waals surface area contributed by atoms with Crippen molar-refractivity contribution in [2.24, 2.45) is 0 Å². The Kier molecular flexibility index (Phi) is 3.18. The number of ether oxygens (including phenoxy) is 1. The lowest BCUT2D eigenvalue weighted by molar-refractivity contribution is 0.0782. The first-order valence-electron chi connectivity index (χ1n) is 6.31. The normalized spacial score (nSPS) is 20.2. The van der Waals surface area contributed by atoms with Gasteiger partial charge in [0.25, 0.3) is 0 Å². The van der Waals surface area contributed by atoms with E-state index in [0.29, 0.717) is 5.92 Å². The number of anilines is 1. The van der Waals surface area contributed by atoms with Crippen LogP contribution in [-0.2, 0) is 4.74 Å². The Morgan fingerprint density at radius 2 is 2.33 bits per heavy atom. The molecular formula is C13H17N3OS. The van der Waals surface area contributed by atoms with Crippen molar-refractivity contribution in [2.45, 2.75) is 25.7 Å². The smallest absolute Gasteiger partial charge is 0.138 e. The van der Waals surface area contributed by atoms with Gasteiger partial charge in [0.15, 0.2) is 0 Å². The van der Waals surface area contributed by atoms with E-state index in [4.69, 9.17) is 9.72 Å². The summed E-state index contributed by atoms with van der Waals surface area (Å²) in [5, 5.41) is 4.30. The van der Waals surface area contributed by atoms with E-state index < -0.39 is 0 Å². The summed E-state index contributed by atoms with van der Waals surface area (Å²) in [6, 6.07) is 2.15. The summed E-state index contributed by atoms with van der Waals surface area (Å²) in [7, 11) is 1.91. The molecular weight excluding hydrogens is 246 g/mol. The van der Waals surface area contributed by atoms with Crippen LogP contribution in [0.2, 0.25) is 0 Å². The minimum Gasteiger partial charge on any atom is -0.381 e. The molecule has 0 amide bonds. The van der Waals surface area contributed by atoms with Gasteiger partial charge >= 0.3 is 0 Å². The molecule has 1 N–H and O–H groups in total. The molecule has 0 aromatic carbocycles. The van der Waals surface area contributed by atoms with Crippen LogP contribution in [0.25, 0.3) is 10.2 Å². The second kappa shape index (κ2) is 4.82. The highest BCUT2D eigenvalue weighted by Gasteiger charge is 2.21. The lowest BCUT2D eigenvalue weighted by Crippen LogP contribution is -2.18. The Hall–Kier alpha value is -1.20. The maximum atomic E-state index is 5.53. The minimum absolute atomic E-state index is 0.345. The first-order chi connectivity index (χ1) is 8.78. The number of fused-ring (bicyclic) bond motifs is 1. The van der Waals surface area contributed by atoms with Crippen LogP contribution in [0.4, 0.5) is 5.82 Å². The van der Waals surface area contributed by atoms with Gasteiger partial charge in [0.05, 0.1) is 12.0 Å². The molecule has 18 heavy (non-hydrogen) atoms. The zero-order valence-corrected chi connectivity index (χ0v) is 11.5. The molecule has 1 aliphatic heterocycles. The molecule has 1 saturated heterocycles. The molecule has 0 spiro atoms. The predicted octanol–water partition coefficient (Wildman–Crippen LogP) is 2.94. The van der Waals surface area contributed by atoms with Gasteiger partial charge in [0.2, 0.25) is 0 Å². The molecule has 0 aliphatic carbocycles. The molecule has 5 heteroatoms. The molecule has 0 saturated carbocycles. The highest BCUT2D eigenvalue weighted by atomic mass is 32.1. The van der Waals surface area contributed by atoms with Crippen LogP contribution in [0.1, 0.15) is 29.5 Å². The van der Waals surface area contributed by atoms with Crippen molar-refractivity contribution >= 4 is 27.4 Å². The van der Waals surface area contributed by atoms with Gasteiger partial charge in [-0.2, -0.15) is 0 Å². The maximum absolute atomic E-state index is 5.53. The number of hydrogen-bond donors (Lipinski definition) is 1. The second-order valence-corrected chi connectivity index (χ2v) is 5.91. The third kappa shape index (κ3) is 2.08. The standard InChI is InChI=1S/C13H17N3OS/c1-8-6-10-12(14-2)15-11(16-13(10)18-8)9-4-3-5-17-7-9/h6,9H,3-5,7H2,1-2H3,(H,14,15,16). The molecule has 1 aliphatic rings. The molecule has 4 nitrogen and oxygen atoms in total. The summed E-state index contributed by atoms with van der Waals surface area (Å²) in [4.78, 5) is 11.7. The van der Waals surface area contributed by atoms with Gasteiger partial charge in [0, 0.05) is 24.4 Å². The molecule has 0 bridgehead atoms. The van der Waals surface area contributed by atoms with Gasteiger partial charge in [-0.05, 0) is 25.8 Å². The molecule has 1 fully saturated rings. The first kappa shape index (κ1) is 11.9. The van der Waals surface area contributed by atoms with E-state index in [0.717, 1.165) is 47.9 Å². The molecule has 1 unspecified atom stereocenters. The van der Waals surface area contributed by atoms with Gasteiger partial charge in [0.1, 0.15) is 16.5 Å². The van der Waals surface area contributed by atoms with E-state index in [1.165, 1.54) is 4.88 Å². The van der Waals surface area contributed by atoms with Gasteiger partial charge in [-0.3, -0.25) is 0 Å². The van der Waals surface area contributed by atoms with E-state index in [-0.39, 0.29) is 0 Å². The first-order valence-corrected chi connectivity index (χ1v) is 7.13. The van der Waals surface area contributed by atoms with Gasteiger partial charge in [-0.1, -0.05) is 0 Å². The van der Waals surface area contributed by atoms with Crippen molar-refractivity contribution < 1.29 is 4.74 Å². The minimum atomic E-state index is 0.345. The summed E-state index contributed by atoms with van der Waals surface area (Å²) in [5.74, 6) is 2.20. The fraction of sp³-hybridized carbons (Fsp3) is 0.538. The Bertz CT molecular complexity index is 561. The number of aryl methyl sites for hydroxylation is 1. The zero-order valence-electron chi connectivity index (χ0n) is 10.7. The summed E-state index contributed by atoms with van der Waals surface area (Å²) >= 11 is 1.73. The van der Waals surface area contributed by atoms with Crippen LogP contribution < -0.4 is 5.32 Å². The van der Waals surface area contributed by atoms with Crippen LogP contribution >= 0.6 is 11.3 Å². The Labute approximate surface area is 110 Å². The fourth-order valence-corrected chi connectivity index (χ4v) is 3.26. The lowest BCUT2D eigenvalue weighted by atomic mass is 10.0. The Morgan fingerprint density at radius 1 is 1.44 bits per heavy atom. The number of nitrogens with zero attached hydrogens (tertiary/aromatic N) is 2. The maximum Gasteiger partial charge on any atom is 0.138 e. The number of thiophene rings is 1. The third-order valence-corrected chi connectivity index (χ3v) is 4.24. The molecule has 0 radical (unpaired) electrons. The highest BCUT2D eigenvalue weighted by molar-refractivity contribution is 7.18. The molecule has 1 atom stereocenters. The van der Waals surface area contributed by atoms with Crippen LogP contribution in [0.3, 0.4) is 0 Å². The molecule has 3 rings (SSSR count). The van der Waals surface area contributed by atoms with E-state index >= 15 is 0 Å². The van der Waals surface area contributed by atoms with E-state index in [9.17, 15) is 0 Å². The summed E-state index contributed by atoms with van der Waals surface area (Å²) < 4.78 is 5.53. The fourth-order valence-electron chi connectivity index (χ4n) is 2.38. The van der Waals surface area contributed by atoms with Crippen molar-refractivity contribution in [1.82, 2.24) is 9.97 Å². The van der Waals surface area contributed by atoms with Crippen LogP contribution in [0.5, 0.6) is 0 Å². The third-order valence-electron chi connectivity index (χ3n) is 3.30. The number of rotatable bonds is 2. The van der Waals surface area contributed by atoms with Crippen molar-refractivity contribution in [1.29, 1.82) is 0 Å². The average molecular weight is 263 g/mol. The molecule has 96 valence electrons. The van der Waals surface area contributed by atoms with Gasteiger partial charge in [-0.15, -0.1) is 11.3 Å². The van der Waals surface area contributed by atoms with Crippen molar-refractivity contribution in [3.8, 4) is 0 Å². The van der Waals surface area contributed by atoms with Crippen molar-refractivity contribution in [3.05, 3.63) is 16.8 Å². The van der Waals surface area contributed by atoms with Gasteiger partial charge < -0.3 is 10.1 Å². The Morgan fingerprint density at radius 3 is 3.06 bits per heavy atom. The number of aromatic nitrogens is 2. The number of hydrogen-bond acceptors (Lipinski definition) is 5. The van der Waals surface area contributed by atoms with E-state index in [2.05, 4.69) is 23.3 Å². The summed E-state index contributed by atoms with van der Waals surface area (Å²) in [5.41, 5.74) is 0. The monoisotopic (exact) mass is 263 g/mol. The molecule has 2 aromatic rings. The van der Waals surface area contributed by atoms with Crippen molar-refractivity contribution in [3.63, 3.8) is 0 Å². The quantitative estimate of drug-likeness (QED) is 0.905. The summed E-state index contributed by atoms with van der Waals surface area (Å²) in [6.07, 6.45) is 2.23. The van der Waals surface area contributed by atoms with E-state index in [1.54, 1.807) is 11.3 Å². The van der Waals surface area contributed by atoms with Crippen LogP contribution in [-0.4, -0.2) is 30.2 Å². The molecule has 2 aromatic heterocycles. The lowest BCUT2D eigenvalue weighted by Gasteiger charge is -2.21. The SMILES string of the molecule is CNc1nc(C2CCCOC2)nc2sc(C)cc12. The largest absolute Gasteiger partial charge is 0.381 e. The predicted molar refractivity (Wildman–Crippen MR) is 74.5 cm³/mol. The van der Waals surface area contributed by atoms with E-state index in [1.807, 2.05) is 7.05 Å². The number of nitrogens with one attached hydrogen (secondary N) is 1. The highest BCUT2D eigenvalue weighted by Crippen LogP contribution is 2.31.